The second-order valence-corrected chi connectivity index (χ2v) is 6.49. The van der Waals surface area contributed by atoms with Crippen molar-refractivity contribution in [1.29, 1.82) is 0 Å². The van der Waals surface area contributed by atoms with Gasteiger partial charge in [-0.2, -0.15) is 4.31 Å². The van der Waals surface area contributed by atoms with Crippen molar-refractivity contribution in [2.45, 2.75) is 18.1 Å². The van der Waals surface area contributed by atoms with Crippen molar-refractivity contribution in [3.8, 4) is 0 Å². The van der Waals surface area contributed by atoms with E-state index in [9.17, 15) is 13.2 Å². The molecule has 1 aliphatic carbocycles. The molecule has 0 atom stereocenters. The summed E-state index contributed by atoms with van der Waals surface area (Å²) in [5, 5.41) is 8.34. The Morgan fingerprint density at radius 3 is 2.25 bits per heavy atom. The molecule has 0 bridgehead atoms. The van der Waals surface area contributed by atoms with Crippen molar-refractivity contribution in [3.63, 3.8) is 0 Å². The van der Waals surface area contributed by atoms with Crippen molar-refractivity contribution in [2.24, 2.45) is 0 Å². The summed E-state index contributed by atoms with van der Waals surface area (Å²) >= 11 is 0. The zero-order chi connectivity index (χ0) is 12.3. The van der Waals surface area contributed by atoms with Gasteiger partial charge in [0.15, 0.2) is 0 Å². The molecule has 0 radical (unpaired) electrons. The van der Waals surface area contributed by atoms with Crippen molar-refractivity contribution in [1.82, 2.24) is 9.21 Å². The first-order valence-corrected chi connectivity index (χ1v) is 6.70. The standard InChI is InChI=1S/C9H18N2O4S/c1-10(2)5-6-11(7-9(12)13)16(14,15)8-3-4-8/h8H,3-7H2,1-2H3,(H,12,13). The fourth-order valence-corrected chi connectivity index (χ4v) is 3.12. The van der Waals surface area contributed by atoms with Crippen LogP contribution in [0.4, 0.5) is 0 Å². The molecule has 16 heavy (non-hydrogen) atoms. The lowest BCUT2D eigenvalue weighted by atomic mass is 10.5. The van der Waals surface area contributed by atoms with Crippen LogP contribution >= 0.6 is 0 Å². The Balaban J connectivity index is 2.66. The van der Waals surface area contributed by atoms with Crippen LogP contribution in [0.15, 0.2) is 0 Å². The van der Waals surface area contributed by atoms with Crippen LogP contribution in [0.25, 0.3) is 0 Å². The maximum absolute atomic E-state index is 11.9. The fourth-order valence-electron chi connectivity index (χ4n) is 1.34. The van der Waals surface area contributed by atoms with E-state index in [0.717, 1.165) is 4.31 Å². The number of carboxylic acid groups (broad SMARTS) is 1. The molecule has 7 heteroatoms. The molecule has 0 aliphatic heterocycles. The summed E-state index contributed by atoms with van der Waals surface area (Å²) in [6.07, 6.45) is 1.31. The van der Waals surface area contributed by atoms with E-state index in [1.807, 2.05) is 19.0 Å². The van der Waals surface area contributed by atoms with E-state index in [1.54, 1.807) is 0 Å². The Morgan fingerprint density at radius 1 is 1.31 bits per heavy atom. The molecule has 1 aliphatic rings. The predicted octanol–water partition coefficient (Wildman–Crippen LogP) is -0.573. The number of hydrogen-bond donors (Lipinski definition) is 1. The molecule has 0 aromatic rings. The predicted molar refractivity (Wildman–Crippen MR) is 59.7 cm³/mol. The Labute approximate surface area is 95.9 Å². The molecular formula is C9H18N2O4S. The fraction of sp³-hybridized carbons (Fsp3) is 0.889. The average molecular weight is 250 g/mol. The van der Waals surface area contributed by atoms with Gasteiger partial charge in [-0.1, -0.05) is 0 Å². The highest BCUT2D eigenvalue weighted by atomic mass is 32.2. The van der Waals surface area contributed by atoms with Gasteiger partial charge in [-0.05, 0) is 26.9 Å². The Kier molecular flexibility index (Phi) is 4.28. The van der Waals surface area contributed by atoms with Crippen LogP contribution in [0.5, 0.6) is 0 Å². The van der Waals surface area contributed by atoms with Gasteiger partial charge in [0.05, 0.1) is 5.25 Å². The lowest BCUT2D eigenvalue weighted by molar-refractivity contribution is -0.137. The third kappa shape index (κ3) is 3.73. The van der Waals surface area contributed by atoms with Gasteiger partial charge in [0, 0.05) is 13.1 Å². The normalized spacial score (nSPS) is 17.0. The van der Waals surface area contributed by atoms with E-state index in [1.165, 1.54) is 0 Å². The average Bonchev–Trinajstić information content (AvgIpc) is 2.93. The van der Waals surface area contributed by atoms with Gasteiger partial charge in [0.25, 0.3) is 0 Å². The molecule has 0 amide bonds. The van der Waals surface area contributed by atoms with E-state index in [0.29, 0.717) is 19.4 Å². The zero-order valence-electron chi connectivity index (χ0n) is 9.59. The minimum Gasteiger partial charge on any atom is -0.480 e. The number of likely N-dealkylation sites (N-methyl/N-ethyl adjacent to an activating group) is 1. The number of aliphatic carboxylic acids is 1. The lowest BCUT2D eigenvalue weighted by Gasteiger charge is -2.21. The van der Waals surface area contributed by atoms with E-state index in [4.69, 9.17) is 5.11 Å². The summed E-state index contributed by atoms with van der Waals surface area (Å²) in [6.45, 7) is 0.323. The van der Waals surface area contributed by atoms with Crippen LogP contribution in [0.3, 0.4) is 0 Å². The van der Waals surface area contributed by atoms with Crippen LogP contribution in [0.1, 0.15) is 12.8 Å². The lowest BCUT2D eigenvalue weighted by Crippen LogP contribution is -2.41. The van der Waals surface area contributed by atoms with Gasteiger partial charge in [-0.25, -0.2) is 8.42 Å². The smallest absolute Gasteiger partial charge is 0.318 e. The molecule has 0 unspecified atom stereocenters. The van der Waals surface area contributed by atoms with Crippen LogP contribution in [0, 0.1) is 0 Å². The molecule has 0 spiro atoms. The maximum Gasteiger partial charge on any atom is 0.318 e. The molecule has 1 rings (SSSR count). The third-order valence-electron chi connectivity index (χ3n) is 2.41. The van der Waals surface area contributed by atoms with E-state index >= 15 is 0 Å². The van der Waals surface area contributed by atoms with Crippen molar-refractivity contribution in [2.75, 3.05) is 33.7 Å². The topological polar surface area (TPSA) is 77.9 Å². The molecule has 1 fully saturated rings. The molecule has 1 saturated carbocycles. The first-order chi connectivity index (χ1) is 7.34. The second kappa shape index (κ2) is 5.11. The van der Waals surface area contributed by atoms with Gasteiger partial charge < -0.3 is 10.0 Å². The molecule has 0 heterocycles. The number of sulfonamides is 1. The van der Waals surface area contributed by atoms with E-state index < -0.39 is 22.5 Å². The Bertz CT molecular complexity index is 349. The molecule has 0 aromatic carbocycles. The highest BCUT2D eigenvalue weighted by molar-refractivity contribution is 7.90. The summed E-state index contributed by atoms with van der Waals surface area (Å²) in [6, 6.07) is 0. The molecule has 94 valence electrons. The highest BCUT2D eigenvalue weighted by Gasteiger charge is 2.40. The largest absolute Gasteiger partial charge is 0.480 e. The number of carbonyl (C=O) groups is 1. The third-order valence-corrected chi connectivity index (χ3v) is 4.76. The SMILES string of the molecule is CN(C)CCN(CC(=O)O)S(=O)(=O)C1CC1. The molecule has 1 N–H and O–H groups in total. The summed E-state index contributed by atoms with van der Waals surface area (Å²) in [5.41, 5.74) is 0. The molecular weight excluding hydrogens is 232 g/mol. The summed E-state index contributed by atoms with van der Waals surface area (Å²) < 4.78 is 24.8. The summed E-state index contributed by atoms with van der Waals surface area (Å²) in [4.78, 5) is 12.5. The van der Waals surface area contributed by atoms with Crippen LogP contribution in [0.2, 0.25) is 0 Å². The minimum atomic E-state index is -3.39. The Hall–Kier alpha value is -0.660. The maximum atomic E-state index is 11.9. The molecule has 0 saturated heterocycles. The van der Waals surface area contributed by atoms with Gasteiger partial charge in [0.2, 0.25) is 10.0 Å². The van der Waals surface area contributed by atoms with Crippen LogP contribution in [-0.2, 0) is 14.8 Å². The first-order valence-electron chi connectivity index (χ1n) is 5.19. The van der Waals surface area contributed by atoms with Crippen LogP contribution in [-0.4, -0.2) is 67.7 Å². The number of rotatable bonds is 7. The second-order valence-electron chi connectivity index (χ2n) is 4.27. The number of hydrogen-bond acceptors (Lipinski definition) is 4. The minimum absolute atomic E-state index is 0.234. The van der Waals surface area contributed by atoms with Gasteiger partial charge in [-0.15, -0.1) is 0 Å². The van der Waals surface area contributed by atoms with Gasteiger partial charge in [-0.3, -0.25) is 4.79 Å². The van der Waals surface area contributed by atoms with Crippen LogP contribution < -0.4 is 0 Å². The summed E-state index contributed by atoms with van der Waals surface area (Å²) in [5.74, 6) is -1.11. The first kappa shape index (κ1) is 13.4. The number of carboxylic acids is 1. The monoisotopic (exact) mass is 250 g/mol. The van der Waals surface area contributed by atoms with Gasteiger partial charge >= 0.3 is 5.97 Å². The van der Waals surface area contributed by atoms with E-state index in [-0.39, 0.29) is 11.8 Å². The van der Waals surface area contributed by atoms with Crippen molar-refractivity contribution >= 4 is 16.0 Å². The summed E-state index contributed by atoms with van der Waals surface area (Å²) in [7, 11) is 0.251. The quantitative estimate of drug-likeness (QED) is 0.654. The van der Waals surface area contributed by atoms with Crippen molar-refractivity contribution < 1.29 is 18.3 Å². The van der Waals surface area contributed by atoms with Crippen molar-refractivity contribution in [3.05, 3.63) is 0 Å². The molecule has 0 aromatic heterocycles. The van der Waals surface area contributed by atoms with E-state index in [2.05, 4.69) is 0 Å². The number of nitrogens with zero attached hydrogens (tertiary/aromatic N) is 2. The highest BCUT2D eigenvalue weighted by Crippen LogP contribution is 2.30. The molecule has 6 nitrogen and oxygen atoms in total. The van der Waals surface area contributed by atoms with Gasteiger partial charge in [0.1, 0.15) is 6.54 Å². The Morgan fingerprint density at radius 2 is 1.88 bits per heavy atom. The zero-order valence-corrected chi connectivity index (χ0v) is 10.4.